The van der Waals surface area contributed by atoms with E-state index in [0.717, 1.165) is 6.16 Å². The van der Waals surface area contributed by atoms with E-state index >= 15 is 0 Å². The number of hydrogen-bond acceptors (Lipinski definition) is 1. The van der Waals surface area contributed by atoms with Crippen LogP contribution in [0.4, 0.5) is 0 Å². The fraction of sp³-hybridized carbons (Fsp3) is 1.00. The Kier molecular flexibility index (Phi) is 3.34. The van der Waals surface area contributed by atoms with Crippen molar-refractivity contribution in [2.45, 2.75) is 44.7 Å². The van der Waals surface area contributed by atoms with Crippen LogP contribution in [-0.4, -0.2) is 11.8 Å². The highest BCUT2D eigenvalue weighted by molar-refractivity contribution is 7.45. The Labute approximate surface area is 64.0 Å². The average molecular weight is 159 g/mol. The molecule has 1 rings (SSSR count). The summed E-state index contributed by atoms with van der Waals surface area (Å²) in [5.74, 6) is 0. The maximum atomic E-state index is 11.3. The van der Waals surface area contributed by atoms with Gasteiger partial charge in [0.1, 0.15) is 0 Å². The van der Waals surface area contributed by atoms with Gasteiger partial charge >= 0.3 is 0 Å². The molecule has 1 aliphatic carbocycles. The van der Waals surface area contributed by atoms with Crippen molar-refractivity contribution < 1.29 is 4.57 Å². The molecule has 1 saturated carbocycles. The third-order valence-electron chi connectivity index (χ3n) is 2.29. The molecule has 10 heavy (non-hydrogen) atoms. The highest BCUT2D eigenvalue weighted by atomic mass is 31.1. The zero-order valence-corrected chi connectivity index (χ0v) is 7.57. The Morgan fingerprint density at radius 2 is 1.90 bits per heavy atom. The lowest BCUT2D eigenvalue weighted by Gasteiger charge is -2.19. The van der Waals surface area contributed by atoms with Crippen LogP contribution in [0.1, 0.15) is 39.0 Å². The second-order valence-corrected chi connectivity index (χ2v) is 5.22. The summed E-state index contributed by atoms with van der Waals surface area (Å²) < 4.78 is 11.3. The van der Waals surface area contributed by atoms with Crippen molar-refractivity contribution in [1.29, 1.82) is 0 Å². The summed E-state index contributed by atoms with van der Waals surface area (Å²) in [7, 11) is -0.847. The minimum absolute atomic E-state index is 0.578. The molecule has 0 aromatic rings. The van der Waals surface area contributed by atoms with Crippen molar-refractivity contribution in [3.63, 3.8) is 0 Å². The van der Waals surface area contributed by atoms with Gasteiger partial charge in [0.15, 0.2) is 0 Å². The first-order valence-electron chi connectivity index (χ1n) is 4.28. The molecule has 2 heteroatoms. The van der Waals surface area contributed by atoms with E-state index in [2.05, 4.69) is 0 Å². The molecular weight excluding hydrogens is 143 g/mol. The third kappa shape index (κ3) is 2.05. The molecule has 0 spiro atoms. The molecule has 1 aliphatic rings. The Balaban J connectivity index is 2.31. The molecule has 59 valence electrons. The van der Waals surface area contributed by atoms with Crippen molar-refractivity contribution in [3.05, 3.63) is 0 Å². The van der Waals surface area contributed by atoms with Crippen LogP contribution in [0, 0.1) is 0 Å². The van der Waals surface area contributed by atoms with Gasteiger partial charge in [0.25, 0.3) is 0 Å². The van der Waals surface area contributed by atoms with Crippen LogP contribution in [0.15, 0.2) is 0 Å². The van der Waals surface area contributed by atoms with Crippen molar-refractivity contribution >= 4 is 7.80 Å². The molecule has 0 bridgehead atoms. The minimum atomic E-state index is -0.847. The zero-order chi connectivity index (χ0) is 7.40. The lowest BCUT2D eigenvalue weighted by Crippen LogP contribution is -2.08. The van der Waals surface area contributed by atoms with Gasteiger partial charge in [-0.25, -0.2) is 0 Å². The molecule has 0 amide bonds. The second kappa shape index (κ2) is 4.08. The Morgan fingerprint density at radius 1 is 1.30 bits per heavy atom. The Bertz CT molecular complexity index is 116. The van der Waals surface area contributed by atoms with Gasteiger partial charge in [0.2, 0.25) is 0 Å². The van der Waals surface area contributed by atoms with Gasteiger partial charge in [-0.15, -0.1) is 0 Å². The fourth-order valence-electron chi connectivity index (χ4n) is 1.63. The van der Waals surface area contributed by atoms with Crippen LogP contribution in [0.3, 0.4) is 0 Å². The van der Waals surface area contributed by atoms with E-state index in [4.69, 9.17) is 0 Å². The molecule has 0 saturated heterocycles. The summed E-state index contributed by atoms with van der Waals surface area (Å²) in [5.41, 5.74) is 0.578. The first-order chi connectivity index (χ1) is 4.84. The van der Waals surface area contributed by atoms with Gasteiger partial charge in [0.05, 0.1) is 7.80 Å². The van der Waals surface area contributed by atoms with Gasteiger partial charge in [-0.3, -0.25) is 4.57 Å². The predicted octanol–water partition coefficient (Wildman–Crippen LogP) is 3.17. The van der Waals surface area contributed by atoms with Crippen molar-refractivity contribution in [2.24, 2.45) is 0 Å². The summed E-state index contributed by atoms with van der Waals surface area (Å²) in [6, 6.07) is 0. The molecule has 1 fully saturated rings. The van der Waals surface area contributed by atoms with E-state index in [1.807, 2.05) is 6.92 Å². The van der Waals surface area contributed by atoms with E-state index in [0.29, 0.717) is 5.66 Å². The van der Waals surface area contributed by atoms with Crippen LogP contribution in [0.25, 0.3) is 0 Å². The second-order valence-electron chi connectivity index (χ2n) is 3.03. The lowest BCUT2D eigenvalue weighted by molar-refractivity contribution is 0.491. The van der Waals surface area contributed by atoms with Gasteiger partial charge in [-0.1, -0.05) is 26.2 Å². The molecule has 1 radical (unpaired) electrons. The van der Waals surface area contributed by atoms with Crippen LogP contribution in [0.2, 0.25) is 0 Å². The molecule has 1 unspecified atom stereocenters. The van der Waals surface area contributed by atoms with E-state index in [1.54, 1.807) is 0 Å². The summed E-state index contributed by atoms with van der Waals surface area (Å²) in [5, 5.41) is 0. The predicted molar refractivity (Wildman–Crippen MR) is 45.0 cm³/mol. The summed E-state index contributed by atoms with van der Waals surface area (Å²) in [6.45, 7) is 2.04. The molecule has 0 aromatic heterocycles. The SMILES string of the molecule is CC[P](=O)C1CCCCC1. The maximum absolute atomic E-state index is 11.3. The van der Waals surface area contributed by atoms with E-state index < -0.39 is 7.80 Å². The van der Waals surface area contributed by atoms with Gasteiger partial charge < -0.3 is 0 Å². The molecule has 0 N–H and O–H groups in total. The molecule has 1 atom stereocenters. The molecule has 0 heterocycles. The zero-order valence-electron chi connectivity index (χ0n) is 6.68. The molecule has 0 aromatic carbocycles. The average Bonchev–Trinajstić information content (AvgIpc) is 2.05. The highest BCUT2D eigenvalue weighted by Crippen LogP contribution is 2.37. The first-order valence-corrected chi connectivity index (χ1v) is 5.79. The largest absolute Gasteiger partial charge is 0.287 e. The van der Waals surface area contributed by atoms with Gasteiger partial charge in [-0.05, 0) is 12.8 Å². The number of hydrogen-bond donors (Lipinski definition) is 0. The first kappa shape index (κ1) is 8.20. The summed E-state index contributed by atoms with van der Waals surface area (Å²) >= 11 is 0. The van der Waals surface area contributed by atoms with Crippen molar-refractivity contribution in [2.75, 3.05) is 6.16 Å². The van der Waals surface area contributed by atoms with E-state index in [1.165, 1.54) is 32.1 Å². The fourth-order valence-corrected chi connectivity index (χ4v) is 3.08. The molecule has 1 nitrogen and oxygen atoms in total. The normalized spacial score (nSPS) is 22.7. The van der Waals surface area contributed by atoms with Crippen molar-refractivity contribution in [1.82, 2.24) is 0 Å². The lowest BCUT2D eigenvalue weighted by atomic mass is 10.0. The number of rotatable bonds is 2. The van der Waals surface area contributed by atoms with Crippen molar-refractivity contribution in [3.8, 4) is 0 Å². The van der Waals surface area contributed by atoms with Crippen LogP contribution in [-0.2, 0) is 4.57 Å². The van der Waals surface area contributed by atoms with Gasteiger partial charge in [-0.2, -0.15) is 0 Å². The highest BCUT2D eigenvalue weighted by Gasteiger charge is 2.18. The molecule has 0 aliphatic heterocycles. The van der Waals surface area contributed by atoms with E-state index in [9.17, 15) is 4.57 Å². The Morgan fingerprint density at radius 3 is 2.40 bits per heavy atom. The maximum Gasteiger partial charge on any atom is 0.0747 e. The third-order valence-corrected chi connectivity index (χ3v) is 4.25. The van der Waals surface area contributed by atoms with Crippen LogP contribution < -0.4 is 0 Å². The monoisotopic (exact) mass is 159 g/mol. The van der Waals surface area contributed by atoms with E-state index in [-0.39, 0.29) is 0 Å². The topological polar surface area (TPSA) is 17.1 Å². The summed E-state index contributed by atoms with van der Waals surface area (Å²) in [4.78, 5) is 0. The Hall–Kier alpha value is 0.100. The standard InChI is InChI=1S/C8H16OP/c1-2-10(9)8-6-4-3-5-7-8/h8H,2-7H2,1H3. The molecular formula is C8H16OP. The minimum Gasteiger partial charge on any atom is -0.287 e. The quantitative estimate of drug-likeness (QED) is 0.565. The van der Waals surface area contributed by atoms with Gasteiger partial charge in [0, 0.05) is 11.8 Å². The summed E-state index contributed by atoms with van der Waals surface area (Å²) in [6.07, 6.45) is 7.33. The van der Waals surface area contributed by atoms with Crippen LogP contribution in [0.5, 0.6) is 0 Å². The van der Waals surface area contributed by atoms with Crippen LogP contribution >= 0.6 is 7.80 Å². The smallest absolute Gasteiger partial charge is 0.0747 e.